The number of aromatic nitrogens is 4. The first-order valence-electron chi connectivity index (χ1n) is 39.9. The summed E-state index contributed by atoms with van der Waals surface area (Å²) >= 11 is 3.70. The van der Waals surface area contributed by atoms with Gasteiger partial charge in [-0.25, -0.2) is 0 Å². The van der Waals surface area contributed by atoms with Gasteiger partial charge in [0.05, 0.1) is 44.3 Å². The molecule has 0 atom stereocenters. The maximum atomic E-state index is 9.58. The van der Waals surface area contributed by atoms with Crippen LogP contribution >= 0.6 is 22.7 Å². The molecular weight excluding hydrogens is 1500 g/mol. The first-order valence-corrected chi connectivity index (χ1v) is 41.5. The lowest BCUT2D eigenvalue weighted by molar-refractivity contribution is 1.01. The van der Waals surface area contributed by atoms with Gasteiger partial charge in [0.25, 0.3) is 0 Å². The van der Waals surface area contributed by atoms with Gasteiger partial charge in [-0.2, -0.15) is 21.0 Å². The fraction of sp³-hybridized carbons (Fsp3) is 0.0364. The number of hydrogen-bond donors (Lipinski definition) is 0. The average Bonchev–Trinajstić information content (AvgIpc) is 1.23. The van der Waals surface area contributed by atoms with Crippen LogP contribution in [0.15, 0.2) is 364 Å². The predicted molar refractivity (Wildman–Crippen MR) is 504 cm³/mol. The number of fused-ring (bicyclic) bond motifs is 18. The molecule has 0 aliphatic heterocycles. The molecule has 17 aromatic carbocycles. The molecule has 10 heteroatoms. The lowest BCUT2D eigenvalue weighted by Crippen LogP contribution is -1.89. The Morgan fingerprint density at radius 1 is 0.192 bits per heavy atom. The van der Waals surface area contributed by atoms with Crippen LogP contribution in [-0.2, 0) is 28.2 Å². The van der Waals surface area contributed by atoms with Crippen molar-refractivity contribution < 1.29 is 0 Å². The molecule has 0 aliphatic rings. The monoisotopic (exact) mass is 1570 g/mol. The molecular formula is C110H72N8S2. The van der Waals surface area contributed by atoms with Crippen molar-refractivity contribution >= 4 is 150 Å². The normalized spacial score (nSPS) is 11.3. The van der Waals surface area contributed by atoms with Crippen LogP contribution in [0.25, 0.3) is 205 Å². The third-order valence-corrected chi connectivity index (χ3v) is 26.2. The summed E-state index contributed by atoms with van der Waals surface area (Å²) in [6.07, 6.45) is 0. The highest BCUT2D eigenvalue weighted by molar-refractivity contribution is 7.26. The molecule has 0 unspecified atom stereocenters. The molecule has 0 saturated carbocycles. The van der Waals surface area contributed by atoms with Crippen LogP contribution in [0, 0.1) is 45.3 Å². The van der Waals surface area contributed by atoms with E-state index in [1.807, 2.05) is 112 Å². The summed E-state index contributed by atoms with van der Waals surface area (Å²) in [6, 6.07) is 137. The third kappa shape index (κ3) is 12.7. The Morgan fingerprint density at radius 3 is 0.867 bits per heavy atom. The van der Waals surface area contributed by atoms with Crippen LogP contribution < -0.4 is 0 Å². The Balaban J connectivity index is 0.000000103. The second kappa shape index (κ2) is 30.5. The molecule has 6 aromatic heterocycles. The number of nitrogens with zero attached hydrogens (tertiary/aromatic N) is 8. The highest BCUT2D eigenvalue weighted by atomic mass is 32.1. The zero-order chi connectivity index (χ0) is 81.2. The fourth-order valence-corrected chi connectivity index (χ4v) is 20.3. The molecule has 8 nitrogen and oxygen atoms in total. The molecule has 0 N–H and O–H groups in total. The highest BCUT2D eigenvalue weighted by Gasteiger charge is 2.20. The summed E-state index contributed by atoms with van der Waals surface area (Å²) in [5, 5.41) is 52.6. The largest absolute Gasteiger partial charge is 0.343 e. The van der Waals surface area contributed by atoms with Crippen LogP contribution in [-0.4, -0.2) is 18.3 Å². The van der Waals surface area contributed by atoms with E-state index in [9.17, 15) is 21.0 Å². The molecule has 0 spiro atoms. The number of benzene rings is 17. The molecule has 0 aliphatic carbocycles. The van der Waals surface area contributed by atoms with Gasteiger partial charge in [-0.3, -0.25) is 0 Å². The van der Waals surface area contributed by atoms with E-state index >= 15 is 0 Å². The smallest absolute Gasteiger partial charge is 0.101 e. The maximum absolute atomic E-state index is 9.58. The van der Waals surface area contributed by atoms with Crippen LogP contribution in [0.4, 0.5) is 0 Å². The van der Waals surface area contributed by atoms with E-state index in [4.69, 9.17) is 0 Å². The molecule has 0 bridgehead atoms. The maximum Gasteiger partial charge on any atom is 0.101 e. The number of nitriles is 4. The standard InChI is InChI=1S/C32H22N2.2C26H16N2S.C26H18N2/c1-34-31-18-17-27(20-30(31)29-12-6-11-28(21-33)32(29)34)26-10-5-9-25(19-26)24-15-13-23(14-16-24)22-7-3-2-4-8-22;1-28-23-13-12-16(14-22(23)20-9-4-6-17(15-27)25(20)28)18-8-5-10-21-19-7-2-3-11-24(19)29-26(18)21;1-28-23-11-9-16(13-21(23)20-7-4-5-18(15-27)26(20)28)17-10-12-25-22(14-17)19-6-2-3-8-24(19)29-25;1-28-25-14-13-21(16-24(25)23-12-6-11-22(17-27)26(23)28)20-10-5-9-19(15-20)18-7-3-2-4-8-18/h2-20H,1H3;2*2-14H,1H3;2-16H,1H3. The van der Waals surface area contributed by atoms with Gasteiger partial charge >= 0.3 is 0 Å². The van der Waals surface area contributed by atoms with Crippen LogP contribution in [0.5, 0.6) is 0 Å². The fourth-order valence-electron chi connectivity index (χ4n) is 18.0. The van der Waals surface area contributed by atoms with Crippen LogP contribution in [0.2, 0.25) is 0 Å². The minimum atomic E-state index is 0.707. The summed E-state index contributed by atoms with van der Waals surface area (Å²) < 4.78 is 13.8. The van der Waals surface area contributed by atoms with Gasteiger partial charge in [0.2, 0.25) is 0 Å². The van der Waals surface area contributed by atoms with E-state index in [-0.39, 0.29) is 0 Å². The zero-order valence-electron chi connectivity index (χ0n) is 66.0. The lowest BCUT2D eigenvalue weighted by atomic mass is 9.96. The van der Waals surface area contributed by atoms with Gasteiger partial charge in [0.1, 0.15) is 24.3 Å². The third-order valence-electron chi connectivity index (χ3n) is 23.8. The van der Waals surface area contributed by atoms with Crippen LogP contribution in [0.3, 0.4) is 0 Å². The van der Waals surface area contributed by atoms with Crippen molar-refractivity contribution in [1.29, 1.82) is 21.0 Å². The van der Waals surface area contributed by atoms with Gasteiger partial charge in [-0.05, 0) is 187 Å². The summed E-state index contributed by atoms with van der Waals surface area (Å²) in [6.45, 7) is 0. The van der Waals surface area contributed by atoms with E-state index in [0.717, 1.165) is 65.7 Å². The van der Waals surface area contributed by atoms with Gasteiger partial charge in [0.15, 0.2) is 0 Å². The topological polar surface area (TPSA) is 115 Å². The van der Waals surface area contributed by atoms with Gasteiger partial charge in [-0.1, -0.05) is 255 Å². The SMILES string of the molecule is Cn1c2ccc(-c3ccc4sc5ccccc5c4c3)cc2c2cccc(C#N)c21.Cn1c2ccc(-c3cccc(-c4ccc(-c5ccccc5)cc4)c3)cc2c2cccc(C#N)c21.Cn1c2ccc(-c3cccc(-c4ccccc4)c3)cc2c2cccc(C#N)c21.Cn1c2ccc(-c3cccc4c3sc3ccccc34)cc2c2cccc(C#N)c21. The summed E-state index contributed by atoms with van der Waals surface area (Å²) in [5.74, 6) is 0. The quantitative estimate of drug-likeness (QED) is 0.158. The van der Waals surface area contributed by atoms with E-state index in [1.165, 1.54) is 140 Å². The average molecular weight is 1570 g/mol. The van der Waals surface area contributed by atoms with Crippen molar-refractivity contribution in [2.75, 3.05) is 0 Å². The number of rotatable bonds is 7. The molecule has 120 heavy (non-hydrogen) atoms. The molecule has 0 amide bonds. The van der Waals surface area contributed by atoms with Crippen molar-refractivity contribution in [2.24, 2.45) is 28.2 Å². The van der Waals surface area contributed by atoms with Crippen molar-refractivity contribution in [3.63, 3.8) is 0 Å². The summed E-state index contributed by atoms with van der Waals surface area (Å²) in [4.78, 5) is 0. The first kappa shape index (κ1) is 73.2. The molecule has 564 valence electrons. The van der Waals surface area contributed by atoms with Gasteiger partial charge < -0.3 is 18.3 Å². The lowest BCUT2D eigenvalue weighted by Gasteiger charge is -2.08. The van der Waals surface area contributed by atoms with Crippen molar-refractivity contribution in [2.45, 2.75) is 0 Å². The van der Waals surface area contributed by atoms with E-state index in [1.54, 1.807) is 0 Å². The Hall–Kier alpha value is -15.7. The minimum Gasteiger partial charge on any atom is -0.343 e. The number of aryl methyl sites for hydroxylation is 4. The van der Waals surface area contributed by atoms with E-state index in [2.05, 4.69) is 346 Å². The Labute approximate surface area is 701 Å². The Bertz CT molecular complexity index is 8250. The molecule has 23 rings (SSSR count). The first-order chi connectivity index (χ1) is 59.0. The second-order valence-corrected chi connectivity index (χ2v) is 32.6. The molecule has 0 fully saturated rings. The van der Waals surface area contributed by atoms with Crippen molar-refractivity contribution in [3.05, 3.63) is 386 Å². The summed E-state index contributed by atoms with van der Waals surface area (Å²) in [7, 11) is 8.14. The molecule has 23 aromatic rings. The molecule has 6 heterocycles. The van der Waals surface area contributed by atoms with Crippen molar-refractivity contribution in [3.8, 4) is 102 Å². The van der Waals surface area contributed by atoms with Gasteiger partial charge in [-0.15, -0.1) is 22.7 Å². The van der Waals surface area contributed by atoms with Crippen LogP contribution in [0.1, 0.15) is 22.3 Å². The highest BCUT2D eigenvalue weighted by Crippen LogP contribution is 2.45. The zero-order valence-corrected chi connectivity index (χ0v) is 67.7. The predicted octanol–water partition coefficient (Wildman–Crippen LogP) is 29.2. The van der Waals surface area contributed by atoms with Crippen molar-refractivity contribution in [1.82, 2.24) is 18.3 Å². The van der Waals surface area contributed by atoms with E-state index in [0.29, 0.717) is 22.3 Å². The molecule has 0 radical (unpaired) electrons. The minimum absolute atomic E-state index is 0.707. The summed E-state index contributed by atoms with van der Waals surface area (Å²) in [5.41, 5.74) is 28.3. The second-order valence-electron chi connectivity index (χ2n) is 30.5. The van der Waals surface area contributed by atoms with Gasteiger partial charge in [0, 0.05) is 134 Å². The Morgan fingerprint density at radius 2 is 0.450 bits per heavy atom. The van der Waals surface area contributed by atoms with E-state index < -0.39 is 0 Å². The number of para-hydroxylation sites is 4. The molecule has 0 saturated heterocycles. The number of thiophene rings is 2. The number of hydrogen-bond acceptors (Lipinski definition) is 6. The Kier molecular flexibility index (Phi) is 18.6.